The van der Waals surface area contributed by atoms with Crippen molar-refractivity contribution in [1.29, 1.82) is 0 Å². The summed E-state index contributed by atoms with van der Waals surface area (Å²) in [6.45, 7) is 14.6. The summed E-state index contributed by atoms with van der Waals surface area (Å²) in [5.41, 5.74) is 0.471. The summed E-state index contributed by atoms with van der Waals surface area (Å²) in [5.74, 6) is -0.0258. The summed E-state index contributed by atoms with van der Waals surface area (Å²) in [6.07, 6.45) is 4.55. The number of pyridine rings is 1. The second-order valence-corrected chi connectivity index (χ2v) is 13.8. The zero-order chi connectivity index (χ0) is 29.6. The second-order valence-electron chi connectivity index (χ2n) is 13.4. The molecule has 4 fully saturated rings. The Labute approximate surface area is 250 Å². The largest absolute Gasteiger partial charge is 0.471 e. The number of nitrogens with zero attached hydrogens (tertiary/aromatic N) is 6. The van der Waals surface area contributed by atoms with Gasteiger partial charge in [-0.3, -0.25) is 9.80 Å². The van der Waals surface area contributed by atoms with Gasteiger partial charge in [-0.05, 0) is 65.8 Å². The molecule has 4 saturated heterocycles. The molecule has 5 aliphatic heterocycles. The molecule has 0 spiro atoms. The zero-order valence-corrected chi connectivity index (χ0v) is 25.4. The maximum absolute atomic E-state index is 15.6. The van der Waals surface area contributed by atoms with Crippen LogP contribution in [0.3, 0.4) is 0 Å². The normalized spacial score (nSPS) is 30.3. The summed E-state index contributed by atoms with van der Waals surface area (Å²) >= 11 is 6.29. The van der Waals surface area contributed by atoms with Crippen molar-refractivity contribution in [2.45, 2.75) is 102 Å². The molecule has 0 saturated carbocycles. The van der Waals surface area contributed by atoms with Crippen molar-refractivity contribution in [1.82, 2.24) is 24.8 Å². The number of ether oxygens (including phenoxy) is 3. The van der Waals surface area contributed by atoms with Crippen molar-refractivity contribution in [2.24, 2.45) is 0 Å². The monoisotopic (exact) mass is 600 g/mol. The fraction of sp³-hybridized carbons (Fsp3) is 0.667. The number of anilines is 1. The first-order valence-electron chi connectivity index (χ1n) is 15.0. The maximum atomic E-state index is 15.6. The molecule has 10 nitrogen and oxygen atoms in total. The number of carbonyl (C=O) groups excluding carboxylic acids is 1. The first-order valence-corrected chi connectivity index (χ1v) is 15.4. The molecule has 5 aliphatic rings. The van der Waals surface area contributed by atoms with Crippen LogP contribution in [0.2, 0.25) is 5.15 Å². The molecule has 2 aromatic heterocycles. The van der Waals surface area contributed by atoms with Gasteiger partial charge in [-0.25, -0.2) is 9.18 Å². The molecule has 2 aromatic rings. The van der Waals surface area contributed by atoms with E-state index in [0.717, 1.165) is 45.2 Å². The van der Waals surface area contributed by atoms with Crippen LogP contribution in [0.1, 0.15) is 66.2 Å². The van der Waals surface area contributed by atoms with Crippen LogP contribution in [0.4, 0.5) is 15.0 Å². The molecule has 0 radical (unpaired) electrons. The van der Waals surface area contributed by atoms with Gasteiger partial charge < -0.3 is 19.1 Å². The van der Waals surface area contributed by atoms with E-state index >= 15 is 4.39 Å². The Kier molecular flexibility index (Phi) is 6.51. The first kappa shape index (κ1) is 27.9. The van der Waals surface area contributed by atoms with Crippen LogP contribution >= 0.6 is 11.6 Å². The molecule has 1 amide bonds. The van der Waals surface area contributed by atoms with Gasteiger partial charge >= 0.3 is 12.1 Å². The van der Waals surface area contributed by atoms with E-state index in [1.54, 1.807) is 0 Å². The van der Waals surface area contributed by atoms with Gasteiger partial charge in [-0.2, -0.15) is 15.0 Å². The standard InChI is InChI=1S/C30H38ClFN6O4/c1-6-19-23-18-9-8-17(38(18)28(39)42-29(3,4)5)14-37(23)25-20-22(21(32)24(31)34-26(20)41-19)33-27(35-25)40-15-30-10-7-11-36(30)13-16(2)12-30/h17-19,23H,2,6-15H2,1,3-5H3/t17-,18+,19?,23+,30?/m1/s1. The van der Waals surface area contributed by atoms with Crippen LogP contribution in [-0.4, -0.2) is 92.5 Å². The maximum Gasteiger partial charge on any atom is 0.410 e. The summed E-state index contributed by atoms with van der Waals surface area (Å²) in [4.78, 5) is 33.6. The highest BCUT2D eigenvalue weighted by atomic mass is 35.5. The van der Waals surface area contributed by atoms with Gasteiger partial charge in [0.05, 0.1) is 23.7 Å². The molecule has 226 valence electrons. The third-order valence-corrected chi connectivity index (χ3v) is 9.76. The number of hydrogen-bond donors (Lipinski definition) is 0. The Hall–Kier alpha value is -2.92. The molecule has 0 N–H and O–H groups in total. The molecule has 0 aliphatic carbocycles. The van der Waals surface area contributed by atoms with Gasteiger partial charge in [0.1, 0.15) is 35.0 Å². The second kappa shape index (κ2) is 9.80. The van der Waals surface area contributed by atoms with E-state index in [4.69, 9.17) is 30.8 Å². The Morgan fingerprint density at radius 1 is 1.26 bits per heavy atom. The third-order valence-electron chi connectivity index (χ3n) is 9.51. The Balaban J connectivity index is 1.30. The van der Waals surface area contributed by atoms with Gasteiger partial charge in [-0.1, -0.05) is 30.7 Å². The quantitative estimate of drug-likeness (QED) is 0.350. The fourth-order valence-corrected chi connectivity index (χ4v) is 8.04. The Morgan fingerprint density at radius 2 is 2.07 bits per heavy atom. The van der Waals surface area contributed by atoms with E-state index in [0.29, 0.717) is 30.8 Å². The van der Waals surface area contributed by atoms with Crippen molar-refractivity contribution >= 4 is 34.4 Å². The SMILES string of the molecule is C=C1CN2CCCC2(COc2nc3c4c(nc(Cl)c(F)c4n2)OC(CC)[C@@H]2[C@@H]4CC[C@H](CN32)N4C(=O)OC(C)(C)C)C1. The number of rotatable bonds is 4. The summed E-state index contributed by atoms with van der Waals surface area (Å²) in [6, 6.07) is -0.428. The van der Waals surface area contributed by atoms with Crippen molar-refractivity contribution in [3.05, 3.63) is 23.1 Å². The minimum atomic E-state index is -0.732. The number of amides is 1. The smallest absolute Gasteiger partial charge is 0.410 e. The van der Waals surface area contributed by atoms with E-state index in [1.165, 1.54) is 5.57 Å². The predicted octanol–water partition coefficient (Wildman–Crippen LogP) is 5.12. The van der Waals surface area contributed by atoms with Gasteiger partial charge in [-0.15, -0.1) is 0 Å². The fourth-order valence-electron chi connectivity index (χ4n) is 7.88. The molecule has 7 rings (SSSR count). The van der Waals surface area contributed by atoms with Crippen LogP contribution in [0.15, 0.2) is 12.2 Å². The van der Waals surface area contributed by atoms with Crippen LogP contribution in [0, 0.1) is 5.82 Å². The van der Waals surface area contributed by atoms with E-state index in [1.807, 2.05) is 32.6 Å². The van der Waals surface area contributed by atoms with Gasteiger partial charge in [0.15, 0.2) is 11.0 Å². The van der Waals surface area contributed by atoms with Crippen LogP contribution in [0.25, 0.3) is 10.9 Å². The lowest BCUT2D eigenvalue weighted by Gasteiger charge is -2.48. The van der Waals surface area contributed by atoms with Crippen LogP contribution < -0.4 is 14.4 Å². The Morgan fingerprint density at radius 3 is 2.83 bits per heavy atom. The summed E-state index contributed by atoms with van der Waals surface area (Å²) in [7, 11) is 0. The number of aromatic nitrogens is 3. The third kappa shape index (κ3) is 4.37. The summed E-state index contributed by atoms with van der Waals surface area (Å²) < 4.78 is 34.3. The minimum absolute atomic E-state index is 0.0269. The number of piperazine rings is 1. The topological polar surface area (TPSA) is 93.2 Å². The average Bonchev–Trinajstić information content (AvgIpc) is 3.53. The highest BCUT2D eigenvalue weighted by Crippen LogP contribution is 2.47. The van der Waals surface area contributed by atoms with E-state index in [-0.39, 0.29) is 58.4 Å². The van der Waals surface area contributed by atoms with E-state index < -0.39 is 11.4 Å². The van der Waals surface area contributed by atoms with Crippen molar-refractivity contribution in [2.75, 3.05) is 31.1 Å². The summed E-state index contributed by atoms with van der Waals surface area (Å²) in [5, 5.41) is 0.0672. The minimum Gasteiger partial charge on any atom is -0.471 e. The lowest BCUT2D eigenvalue weighted by atomic mass is 9.94. The zero-order valence-electron chi connectivity index (χ0n) is 24.7. The lowest BCUT2D eigenvalue weighted by Crippen LogP contribution is -2.65. The number of hydrogen-bond acceptors (Lipinski definition) is 9. The highest BCUT2D eigenvalue weighted by Gasteiger charge is 2.54. The molecular weight excluding hydrogens is 563 g/mol. The van der Waals surface area contributed by atoms with Crippen molar-refractivity contribution in [3.63, 3.8) is 0 Å². The Bertz CT molecular complexity index is 1470. The first-order chi connectivity index (χ1) is 20.0. The molecule has 7 heterocycles. The molecule has 42 heavy (non-hydrogen) atoms. The molecule has 2 unspecified atom stereocenters. The molecule has 2 bridgehead atoms. The van der Waals surface area contributed by atoms with E-state index in [9.17, 15) is 4.79 Å². The molecule has 0 aromatic carbocycles. The van der Waals surface area contributed by atoms with Gasteiger partial charge in [0, 0.05) is 13.1 Å². The van der Waals surface area contributed by atoms with E-state index in [2.05, 4.69) is 26.3 Å². The average molecular weight is 601 g/mol. The van der Waals surface area contributed by atoms with Crippen LogP contribution in [0.5, 0.6) is 11.9 Å². The molecule has 5 atom stereocenters. The van der Waals surface area contributed by atoms with Crippen LogP contribution in [-0.2, 0) is 4.74 Å². The number of carbonyl (C=O) groups is 1. The molecule has 12 heteroatoms. The van der Waals surface area contributed by atoms with Gasteiger partial charge in [0.2, 0.25) is 5.88 Å². The van der Waals surface area contributed by atoms with Crippen molar-refractivity contribution < 1.29 is 23.4 Å². The molecular formula is C30H38ClFN6O4. The number of fused-ring (bicyclic) bond motifs is 6. The highest BCUT2D eigenvalue weighted by molar-refractivity contribution is 6.30. The number of halogens is 2. The van der Waals surface area contributed by atoms with Crippen molar-refractivity contribution in [3.8, 4) is 11.9 Å². The van der Waals surface area contributed by atoms with Gasteiger partial charge in [0.25, 0.3) is 0 Å². The lowest BCUT2D eigenvalue weighted by molar-refractivity contribution is -0.000591. The predicted molar refractivity (Wildman–Crippen MR) is 156 cm³/mol.